The van der Waals surface area contributed by atoms with Crippen LogP contribution < -0.4 is 16.0 Å². The van der Waals surface area contributed by atoms with Gasteiger partial charge >= 0.3 is 5.69 Å². The number of ether oxygens (including phenoxy) is 1. The zero-order valence-electron chi connectivity index (χ0n) is 21.0. The van der Waals surface area contributed by atoms with Crippen LogP contribution in [0.4, 0.5) is 8.78 Å². The number of para-hydroxylation sites is 1. The smallest absolute Gasteiger partial charge is 0.337 e. The van der Waals surface area contributed by atoms with E-state index in [2.05, 4.69) is 18.8 Å². The number of imidazole rings is 1. The molecule has 0 N–H and O–H groups in total. The number of benzene rings is 3. The van der Waals surface area contributed by atoms with Crippen LogP contribution in [0.15, 0.2) is 88.7 Å². The zero-order valence-corrected chi connectivity index (χ0v) is 21.0. The summed E-state index contributed by atoms with van der Waals surface area (Å²) in [5.41, 5.74) is 0.357. The normalized spacial score (nSPS) is 11.4. The second-order valence-corrected chi connectivity index (χ2v) is 9.23. The molecule has 0 aliphatic heterocycles. The van der Waals surface area contributed by atoms with E-state index in [-0.39, 0.29) is 36.4 Å². The number of hydrogen-bond acceptors (Lipinski definition) is 4. The van der Waals surface area contributed by atoms with Crippen molar-refractivity contribution in [3.8, 4) is 11.4 Å². The number of halogens is 2. The maximum atomic E-state index is 14.4. The van der Waals surface area contributed by atoms with Gasteiger partial charge in [0, 0.05) is 5.56 Å². The molecule has 0 saturated heterocycles. The van der Waals surface area contributed by atoms with Crippen molar-refractivity contribution in [1.82, 2.24) is 18.7 Å². The molecule has 0 bridgehead atoms. The number of fused-ring (bicyclic) bond motifs is 1. The Labute approximate surface area is 217 Å². The van der Waals surface area contributed by atoms with Crippen LogP contribution in [0.1, 0.15) is 30.9 Å². The van der Waals surface area contributed by atoms with E-state index < -0.39 is 22.9 Å². The van der Waals surface area contributed by atoms with Gasteiger partial charge in [0.25, 0.3) is 5.56 Å². The molecule has 9 heteroatoms. The van der Waals surface area contributed by atoms with Crippen molar-refractivity contribution >= 4 is 11.2 Å². The van der Waals surface area contributed by atoms with Gasteiger partial charge in [-0.05, 0) is 47.9 Å². The van der Waals surface area contributed by atoms with Crippen molar-refractivity contribution in [2.24, 2.45) is 0 Å². The molecule has 0 aliphatic rings. The van der Waals surface area contributed by atoms with E-state index in [0.717, 1.165) is 22.3 Å². The van der Waals surface area contributed by atoms with Gasteiger partial charge in [0.15, 0.2) is 11.2 Å². The Morgan fingerprint density at radius 3 is 2.24 bits per heavy atom. The van der Waals surface area contributed by atoms with Crippen molar-refractivity contribution in [1.29, 1.82) is 0 Å². The number of hydrogen-bond donors (Lipinski definition) is 0. The predicted molar refractivity (Wildman–Crippen MR) is 141 cm³/mol. The van der Waals surface area contributed by atoms with Gasteiger partial charge < -0.3 is 9.30 Å². The summed E-state index contributed by atoms with van der Waals surface area (Å²) in [5.74, 6) is -0.576. The Balaban J connectivity index is 1.64. The fourth-order valence-electron chi connectivity index (χ4n) is 4.36. The highest BCUT2D eigenvalue weighted by molar-refractivity contribution is 5.72. The Kier molecular flexibility index (Phi) is 6.91. The summed E-state index contributed by atoms with van der Waals surface area (Å²) >= 11 is 0. The fourth-order valence-corrected chi connectivity index (χ4v) is 4.36. The summed E-state index contributed by atoms with van der Waals surface area (Å²) < 4.78 is 38.4. The summed E-state index contributed by atoms with van der Waals surface area (Å²) in [6, 6.07) is 20.1. The Morgan fingerprint density at radius 2 is 1.58 bits per heavy atom. The molecule has 0 radical (unpaired) electrons. The van der Waals surface area contributed by atoms with E-state index in [1.54, 1.807) is 24.3 Å². The van der Waals surface area contributed by atoms with Gasteiger partial charge in [-0.25, -0.2) is 23.1 Å². The van der Waals surface area contributed by atoms with Crippen LogP contribution in [0, 0.1) is 11.6 Å². The number of nitrogens with zero attached hydrogens (tertiary/aromatic N) is 4. The van der Waals surface area contributed by atoms with Crippen LogP contribution in [0.2, 0.25) is 0 Å². The van der Waals surface area contributed by atoms with Crippen LogP contribution >= 0.6 is 0 Å². The summed E-state index contributed by atoms with van der Waals surface area (Å²) in [5, 5.41) is 0. The average Bonchev–Trinajstić information content (AvgIpc) is 3.32. The third-order valence-corrected chi connectivity index (χ3v) is 6.44. The minimum atomic E-state index is -0.735. The maximum Gasteiger partial charge on any atom is 0.337 e. The first kappa shape index (κ1) is 25.1. The fraction of sp³-hybridized carbons (Fsp3) is 0.207. The first-order chi connectivity index (χ1) is 18.3. The van der Waals surface area contributed by atoms with E-state index >= 15 is 0 Å². The molecular weight excluding hydrogens is 490 g/mol. The zero-order chi connectivity index (χ0) is 26.8. The Bertz CT molecular complexity index is 1680. The van der Waals surface area contributed by atoms with Gasteiger partial charge in [0.05, 0.1) is 25.1 Å². The Hall–Kier alpha value is -4.53. The Morgan fingerprint density at radius 1 is 0.895 bits per heavy atom. The highest BCUT2D eigenvalue weighted by Crippen LogP contribution is 2.20. The molecule has 0 fully saturated rings. The molecule has 2 aromatic heterocycles. The highest BCUT2D eigenvalue weighted by Gasteiger charge is 2.21. The summed E-state index contributed by atoms with van der Waals surface area (Å²) in [6.07, 6.45) is 1.32. The summed E-state index contributed by atoms with van der Waals surface area (Å²) in [7, 11) is 0. The predicted octanol–water partition coefficient (Wildman–Crippen LogP) is 4.88. The van der Waals surface area contributed by atoms with Crippen molar-refractivity contribution in [3.05, 3.63) is 123 Å². The van der Waals surface area contributed by atoms with Crippen LogP contribution in [0.25, 0.3) is 16.9 Å². The quantitative estimate of drug-likeness (QED) is 0.295. The van der Waals surface area contributed by atoms with Gasteiger partial charge in [-0.1, -0.05) is 50.2 Å². The molecular formula is C29H26F2N4O3. The van der Waals surface area contributed by atoms with E-state index in [4.69, 9.17) is 4.74 Å². The second-order valence-electron chi connectivity index (χ2n) is 9.23. The molecule has 0 aliphatic carbocycles. The number of rotatable bonds is 8. The summed E-state index contributed by atoms with van der Waals surface area (Å²) in [6.45, 7) is 3.89. The van der Waals surface area contributed by atoms with Gasteiger partial charge in [-0.2, -0.15) is 0 Å². The molecule has 2 heterocycles. The largest absolute Gasteiger partial charge is 0.492 e. The van der Waals surface area contributed by atoms with Crippen molar-refractivity contribution in [2.75, 3.05) is 6.61 Å². The average molecular weight is 517 g/mol. The lowest BCUT2D eigenvalue weighted by Gasteiger charge is -2.14. The highest BCUT2D eigenvalue weighted by atomic mass is 19.1. The molecule has 7 nitrogen and oxygen atoms in total. The lowest BCUT2D eigenvalue weighted by molar-refractivity contribution is 0.293. The minimum absolute atomic E-state index is 0.0359. The van der Waals surface area contributed by atoms with Gasteiger partial charge in [0.2, 0.25) is 0 Å². The van der Waals surface area contributed by atoms with E-state index in [1.807, 2.05) is 30.3 Å². The molecule has 194 valence electrons. The van der Waals surface area contributed by atoms with Crippen molar-refractivity contribution in [3.63, 3.8) is 0 Å². The third kappa shape index (κ3) is 4.74. The molecule has 5 rings (SSSR count). The van der Waals surface area contributed by atoms with Crippen molar-refractivity contribution < 1.29 is 13.5 Å². The van der Waals surface area contributed by atoms with E-state index in [9.17, 15) is 18.4 Å². The lowest BCUT2D eigenvalue weighted by atomic mass is 10.0. The molecule has 3 aromatic carbocycles. The second kappa shape index (κ2) is 10.5. The van der Waals surface area contributed by atoms with Gasteiger partial charge in [0.1, 0.15) is 24.0 Å². The van der Waals surface area contributed by atoms with Crippen molar-refractivity contribution in [2.45, 2.75) is 32.9 Å². The van der Waals surface area contributed by atoms with Crippen LogP contribution in [0.5, 0.6) is 5.75 Å². The summed E-state index contributed by atoms with van der Waals surface area (Å²) in [4.78, 5) is 31.6. The SMILES string of the molecule is CC(C)c1ccc(-n2c(=O)n(CCOc3ccccc3)c(=O)c3c2ncn3Cc2c(F)cccc2F)cc1. The van der Waals surface area contributed by atoms with Crippen LogP contribution in [-0.2, 0) is 13.1 Å². The van der Waals surface area contributed by atoms with Crippen LogP contribution in [0.3, 0.4) is 0 Å². The molecule has 0 amide bonds. The topological polar surface area (TPSA) is 71.1 Å². The molecule has 0 unspecified atom stereocenters. The lowest BCUT2D eigenvalue weighted by Crippen LogP contribution is -2.41. The molecule has 38 heavy (non-hydrogen) atoms. The molecule has 0 spiro atoms. The van der Waals surface area contributed by atoms with Gasteiger partial charge in [-0.15, -0.1) is 0 Å². The third-order valence-electron chi connectivity index (χ3n) is 6.44. The monoisotopic (exact) mass is 516 g/mol. The standard InChI is InChI=1S/C29H26F2N4O3/c1-19(2)20-11-13-21(14-12-20)35-27-26(33(18-32-27)17-23-24(30)9-6-10-25(23)31)28(36)34(29(35)37)15-16-38-22-7-4-3-5-8-22/h3-14,18-19H,15-17H2,1-2H3. The van der Waals surface area contributed by atoms with Crippen LogP contribution in [-0.4, -0.2) is 25.3 Å². The molecule has 5 aromatic rings. The van der Waals surface area contributed by atoms with E-state index in [1.165, 1.54) is 21.5 Å². The number of aromatic nitrogens is 4. The maximum absolute atomic E-state index is 14.4. The molecule has 0 atom stereocenters. The first-order valence-electron chi connectivity index (χ1n) is 12.3. The first-order valence-corrected chi connectivity index (χ1v) is 12.3. The molecule has 0 saturated carbocycles. The van der Waals surface area contributed by atoms with E-state index in [0.29, 0.717) is 17.4 Å². The van der Waals surface area contributed by atoms with Gasteiger partial charge in [-0.3, -0.25) is 9.36 Å². The minimum Gasteiger partial charge on any atom is -0.492 e.